The van der Waals surface area contributed by atoms with Crippen molar-refractivity contribution in [1.29, 1.82) is 0 Å². The van der Waals surface area contributed by atoms with E-state index in [0.29, 0.717) is 13.1 Å². The molecule has 106 valence electrons. The molecule has 1 N–H and O–H groups in total. The molecule has 0 unspecified atom stereocenters. The molecule has 0 atom stereocenters. The minimum atomic E-state index is -3.25. The topological polar surface area (TPSA) is 54.2 Å². The summed E-state index contributed by atoms with van der Waals surface area (Å²) in [7, 11) is 0. The predicted molar refractivity (Wildman–Crippen MR) is 68.8 cm³/mol. The van der Waals surface area contributed by atoms with Gasteiger partial charge in [-0.3, -0.25) is 0 Å². The Kier molecular flexibility index (Phi) is 3.35. The molecule has 0 radical (unpaired) electrons. The Bertz CT molecular complexity index is 567. The summed E-state index contributed by atoms with van der Waals surface area (Å²) in [5.41, 5.74) is -0.146. The van der Waals surface area contributed by atoms with Crippen LogP contribution in [0.2, 0.25) is 0 Å². The molecule has 1 saturated heterocycles. The Labute approximate surface area is 114 Å². The predicted octanol–water partition coefficient (Wildman–Crippen LogP) is 1.62. The summed E-state index contributed by atoms with van der Waals surface area (Å²) in [5.74, 6) is -3.85. The van der Waals surface area contributed by atoms with Gasteiger partial charge >= 0.3 is 11.9 Å². The third-order valence-corrected chi connectivity index (χ3v) is 3.22. The zero-order chi connectivity index (χ0) is 14.0. The number of rotatable bonds is 3. The lowest BCUT2D eigenvalue weighted by atomic mass is 10.1. The first-order chi connectivity index (χ1) is 9.68. The highest BCUT2D eigenvalue weighted by Crippen LogP contribution is 2.34. The van der Waals surface area contributed by atoms with Gasteiger partial charge in [0.25, 0.3) is 0 Å². The first-order valence-corrected chi connectivity index (χ1v) is 6.41. The second kappa shape index (κ2) is 5.16. The highest BCUT2D eigenvalue weighted by molar-refractivity contribution is 5.31. The third-order valence-electron chi connectivity index (χ3n) is 3.22. The number of halogens is 2. The lowest BCUT2D eigenvalue weighted by Crippen LogP contribution is -2.43. The third kappa shape index (κ3) is 2.36. The zero-order valence-electron chi connectivity index (χ0n) is 10.7. The van der Waals surface area contributed by atoms with Crippen LogP contribution in [0.25, 0.3) is 0 Å². The maximum atomic E-state index is 14.3. The van der Waals surface area contributed by atoms with Gasteiger partial charge in [0.2, 0.25) is 5.82 Å². The van der Waals surface area contributed by atoms with Crippen molar-refractivity contribution >= 4 is 6.01 Å². The number of aromatic nitrogens is 2. The van der Waals surface area contributed by atoms with Crippen molar-refractivity contribution in [1.82, 2.24) is 15.5 Å². The van der Waals surface area contributed by atoms with Crippen LogP contribution in [0, 0.1) is 0 Å². The quantitative estimate of drug-likeness (QED) is 0.926. The second-order valence-corrected chi connectivity index (χ2v) is 4.58. The van der Waals surface area contributed by atoms with Crippen molar-refractivity contribution in [2.45, 2.75) is 5.92 Å². The van der Waals surface area contributed by atoms with E-state index in [1.165, 1.54) is 12.1 Å². The van der Waals surface area contributed by atoms with Gasteiger partial charge in [-0.1, -0.05) is 35.5 Å². The molecule has 5 nitrogen and oxygen atoms in total. The summed E-state index contributed by atoms with van der Waals surface area (Å²) >= 11 is 0. The van der Waals surface area contributed by atoms with Gasteiger partial charge in [-0.15, -0.1) is 0 Å². The van der Waals surface area contributed by atoms with E-state index in [2.05, 4.69) is 15.5 Å². The highest BCUT2D eigenvalue weighted by Gasteiger charge is 2.40. The van der Waals surface area contributed by atoms with E-state index in [1.807, 2.05) is 0 Å². The molecule has 2 aromatic rings. The molecule has 1 fully saturated rings. The molecule has 7 heteroatoms. The van der Waals surface area contributed by atoms with Crippen LogP contribution in [0.3, 0.4) is 0 Å². The fourth-order valence-corrected chi connectivity index (χ4v) is 2.10. The maximum Gasteiger partial charge on any atom is 0.335 e. The summed E-state index contributed by atoms with van der Waals surface area (Å²) in [5, 5.41) is 6.61. The number of nitrogens with zero attached hydrogens (tertiary/aromatic N) is 3. The second-order valence-electron chi connectivity index (χ2n) is 4.58. The number of alkyl halides is 2. The first-order valence-electron chi connectivity index (χ1n) is 6.41. The van der Waals surface area contributed by atoms with E-state index in [4.69, 9.17) is 4.52 Å². The molecule has 0 spiro atoms. The molecular formula is C13H14F2N4O. The number of piperazine rings is 1. The van der Waals surface area contributed by atoms with Crippen LogP contribution in [-0.2, 0) is 5.92 Å². The van der Waals surface area contributed by atoms with E-state index < -0.39 is 11.7 Å². The highest BCUT2D eigenvalue weighted by atomic mass is 19.3. The Morgan fingerprint density at radius 3 is 2.55 bits per heavy atom. The van der Waals surface area contributed by atoms with Gasteiger partial charge in [-0.2, -0.15) is 13.8 Å². The normalized spacial score (nSPS) is 16.4. The zero-order valence-corrected chi connectivity index (χ0v) is 10.7. The van der Waals surface area contributed by atoms with Gasteiger partial charge < -0.3 is 14.7 Å². The molecule has 20 heavy (non-hydrogen) atoms. The lowest BCUT2D eigenvalue weighted by molar-refractivity contribution is 0.0304. The average molecular weight is 280 g/mol. The van der Waals surface area contributed by atoms with E-state index in [9.17, 15) is 8.78 Å². The summed E-state index contributed by atoms with van der Waals surface area (Å²) in [6.07, 6.45) is 0. The minimum absolute atomic E-state index is 0.146. The molecule has 1 aliphatic heterocycles. The number of anilines is 1. The van der Waals surface area contributed by atoms with Gasteiger partial charge in [0.15, 0.2) is 0 Å². The van der Waals surface area contributed by atoms with Gasteiger partial charge in [0.05, 0.1) is 0 Å². The van der Waals surface area contributed by atoms with Crippen LogP contribution < -0.4 is 10.2 Å². The fourth-order valence-electron chi connectivity index (χ4n) is 2.10. The molecule has 0 bridgehead atoms. The molecule has 0 amide bonds. The van der Waals surface area contributed by atoms with Crippen LogP contribution in [0.4, 0.5) is 14.8 Å². The minimum Gasteiger partial charge on any atom is -0.322 e. The van der Waals surface area contributed by atoms with Crippen molar-refractivity contribution in [2.24, 2.45) is 0 Å². The standard InChI is InChI=1S/C13H14F2N4O/c14-13(15,10-4-2-1-3-5-10)11-17-12(20-18-11)19-8-6-16-7-9-19/h1-5,16H,6-9H2. The number of hydrogen-bond acceptors (Lipinski definition) is 5. The van der Waals surface area contributed by atoms with Crippen molar-refractivity contribution in [3.8, 4) is 0 Å². The van der Waals surface area contributed by atoms with Crippen LogP contribution in [0.5, 0.6) is 0 Å². The molecule has 1 aliphatic rings. The molecule has 0 saturated carbocycles. The van der Waals surface area contributed by atoms with E-state index >= 15 is 0 Å². The molecule has 1 aromatic carbocycles. The van der Waals surface area contributed by atoms with Gasteiger partial charge in [-0.25, -0.2) is 0 Å². The maximum absolute atomic E-state index is 14.3. The van der Waals surface area contributed by atoms with Crippen molar-refractivity contribution in [2.75, 3.05) is 31.1 Å². The van der Waals surface area contributed by atoms with Crippen molar-refractivity contribution in [3.05, 3.63) is 41.7 Å². The van der Waals surface area contributed by atoms with Gasteiger partial charge in [-0.05, 0) is 0 Å². The first kappa shape index (κ1) is 13.0. The van der Waals surface area contributed by atoms with Crippen LogP contribution in [-0.4, -0.2) is 36.3 Å². The molecule has 1 aromatic heterocycles. The lowest BCUT2D eigenvalue weighted by Gasteiger charge is -2.24. The molecule has 3 rings (SSSR count). The van der Waals surface area contributed by atoms with Gasteiger partial charge in [0, 0.05) is 31.7 Å². The molecular weight excluding hydrogens is 266 g/mol. The Hall–Kier alpha value is -2.02. The monoisotopic (exact) mass is 280 g/mol. The summed E-state index contributed by atoms with van der Waals surface area (Å²) in [6, 6.07) is 7.64. The molecule has 2 heterocycles. The van der Waals surface area contributed by atoms with Crippen molar-refractivity contribution in [3.63, 3.8) is 0 Å². The van der Waals surface area contributed by atoms with E-state index in [1.54, 1.807) is 23.1 Å². The number of hydrogen-bond donors (Lipinski definition) is 1. The smallest absolute Gasteiger partial charge is 0.322 e. The van der Waals surface area contributed by atoms with E-state index in [-0.39, 0.29) is 11.6 Å². The van der Waals surface area contributed by atoms with Crippen molar-refractivity contribution < 1.29 is 13.3 Å². The number of benzene rings is 1. The fraction of sp³-hybridized carbons (Fsp3) is 0.385. The largest absolute Gasteiger partial charge is 0.335 e. The van der Waals surface area contributed by atoms with Crippen LogP contribution in [0.15, 0.2) is 34.9 Å². The summed E-state index contributed by atoms with van der Waals surface area (Å²) in [6.45, 7) is 2.87. The molecule has 0 aliphatic carbocycles. The Morgan fingerprint density at radius 1 is 1.15 bits per heavy atom. The number of nitrogens with one attached hydrogen (secondary N) is 1. The Balaban J connectivity index is 1.85. The van der Waals surface area contributed by atoms with Crippen LogP contribution in [0.1, 0.15) is 11.4 Å². The van der Waals surface area contributed by atoms with E-state index in [0.717, 1.165) is 13.1 Å². The van der Waals surface area contributed by atoms with Crippen LogP contribution >= 0.6 is 0 Å². The Morgan fingerprint density at radius 2 is 1.85 bits per heavy atom. The van der Waals surface area contributed by atoms with Gasteiger partial charge in [0.1, 0.15) is 0 Å². The SMILES string of the molecule is FC(F)(c1ccccc1)c1noc(N2CCNCC2)n1. The summed E-state index contributed by atoms with van der Waals surface area (Å²) < 4.78 is 33.5. The summed E-state index contributed by atoms with van der Waals surface area (Å²) in [4.78, 5) is 5.65. The average Bonchev–Trinajstić information content (AvgIpc) is 3.00.